The number of nitrogens with one attached hydrogen (secondary N) is 2. The molecule has 236 valence electrons. The average molecular weight is 663 g/mol. The normalized spacial score (nSPS) is 28.2. The van der Waals surface area contributed by atoms with E-state index in [9.17, 15) is 19.5 Å². The van der Waals surface area contributed by atoms with Gasteiger partial charge in [0, 0.05) is 10.9 Å². The van der Waals surface area contributed by atoms with E-state index in [1.54, 1.807) is 48.5 Å². The standard InChI is InChI=1S/C34H29Cl2N3O7/c1-45-19-7-4-17(5-8-19)34-23(32(43)39(33(34)44)38-25-11-6-18(35)14-24(25)36)15-22-20(9-10-21-28(22)31(42)37-30(21)41)29(34)16-3-12-27(46-2)26(40)13-16/h3-9,11-14,21-23,28-29,38,40H,10,15H2,1-2H3,(H,37,41,42). The molecule has 1 saturated carbocycles. The van der Waals surface area contributed by atoms with Gasteiger partial charge in [0.25, 0.3) is 11.8 Å². The van der Waals surface area contributed by atoms with E-state index < -0.39 is 52.7 Å². The summed E-state index contributed by atoms with van der Waals surface area (Å²) in [6.45, 7) is 0. The number of fused-ring (bicyclic) bond motifs is 4. The van der Waals surface area contributed by atoms with E-state index in [0.717, 1.165) is 10.6 Å². The van der Waals surface area contributed by atoms with Gasteiger partial charge in [0.2, 0.25) is 11.8 Å². The van der Waals surface area contributed by atoms with Crippen molar-refractivity contribution in [3.8, 4) is 17.2 Å². The molecule has 4 aliphatic rings. The Bertz CT molecular complexity index is 1840. The van der Waals surface area contributed by atoms with E-state index in [1.807, 2.05) is 6.08 Å². The lowest BCUT2D eigenvalue weighted by Gasteiger charge is -2.50. The fourth-order valence-corrected chi connectivity index (χ4v) is 8.47. The van der Waals surface area contributed by atoms with E-state index >= 15 is 4.79 Å². The lowest BCUT2D eigenvalue weighted by atomic mass is 9.49. The highest BCUT2D eigenvalue weighted by Crippen LogP contribution is 2.64. The largest absolute Gasteiger partial charge is 0.504 e. The third-order valence-electron chi connectivity index (χ3n) is 9.96. The zero-order chi connectivity index (χ0) is 32.5. The molecule has 0 radical (unpaired) electrons. The van der Waals surface area contributed by atoms with Crippen LogP contribution in [-0.4, -0.2) is 48.0 Å². The quantitative estimate of drug-likeness (QED) is 0.249. The highest BCUT2D eigenvalue weighted by Gasteiger charge is 2.70. The molecular formula is C34H29Cl2N3O7. The van der Waals surface area contributed by atoms with Crippen LogP contribution in [0.1, 0.15) is 29.9 Å². The number of rotatable bonds is 6. The van der Waals surface area contributed by atoms with Crippen molar-refractivity contribution in [3.05, 3.63) is 93.5 Å². The Morgan fingerprint density at radius 2 is 1.70 bits per heavy atom. The second-order valence-electron chi connectivity index (χ2n) is 12.0. The van der Waals surface area contributed by atoms with Gasteiger partial charge in [-0.05, 0) is 72.4 Å². The predicted molar refractivity (Wildman–Crippen MR) is 168 cm³/mol. The fraction of sp³-hybridized carbons (Fsp3) is 0.294. The van der Waals surface area contributed by atoms with Gasteiger partial charge in [0.1, 0.15) is 5.75 Å². The minimum Gasteiger partial charge on any atom is -0.504 e. The molecule has 6 unspecified atom stereocenters. The summed E-state index contributed by atoms with van der Waals surface area (Å²) in [7, 11) is 2.97. The molecule has 2 saturated heterocycles. The zero-order valence-corrected chi connectivity index (χ0v) is 26.3. The third-order valence-corrected chi connectivity index (χ3v) is 10.5. The van der Waals surface area contributed by atoms with Crippen LogP contribution >= 0.6 is 23.2 Å². The molecule has 3 N–H and O–H groups in total. The number of hydrazine groups is 1. The minimum absolute atomic E-state index is 0.134. The Hall–Kier alpha value is -4.54. The highest BCUT2D eigenvalue weighted by atomic mass is 35.5. The van der Waals surface area contributed by atoms with Crippen LogP contribution < -0.4 is 20.2 Å². The van der Waals surface area contributed by atoms with Gasteiger partial charge >= 0.3 is 0 Å². The van der Waals surface area contributed by atoms with Crippen LogP contribution in [0.5, 0.6) is 17.2 Å². The first-order valence-electron chi connectivity index (χ1n) is 14.8. The van der Waals surface area contributed by atoms with Gasteiger partial charge in [0.05, 0.1) is 48.1 Å². The summed E-state index contributed by atoms with van der Waals surface area (Å²) >= 11 is 12.6. The summed E-state index contributed by atoms with van der Waals surface area (Å²) in [5.74, 6) is -4.71. The average Bonchev–Trinajstić information content (AvgIpc) is 3.46. The fourth-order valence-electron chi connectivity index (χ4n) is 8.02. The summed E-state index contributed by atoms with van der Waals surface area (Å²) in [5.41, 5.74) is 3.59. The number of aromatic hydroxyl groups is 1. The molecule has 0 bridgehead atoms. The number of hydrogen-bond acceptors (Lipinski definition) is 8. The summed E-state index contributed by atoms with van der Waals surface area (Å²) in [6.07, 6.45) is 2.36. The molecule has 10 nitrogen and oxygen atoms in total. The first-order valence-corrected chi connectivity index (χ1v) is 15.5. The topological polar surface area (TPSA) is 134 Å². The van der Waals surface area contributed by atoms with Crippen LogP contribution in [0.15, 0.2) is 72.3 Å². The smallest absolute Gasteiger partial charge is 0.260 e. The molecule has 3 fully saturated rings. The molecule has 6 atom stereocenters. The molecule has 7 rings (SSSR count). The van der Waals surface area contributed by atoms with Crippen molar-refractivity contribution >= 4 is 52.5 Å². The molecule has 0 spiro atoms. The Balaban J connectivity index is 1.48. The van der Waals surface area contributed by atoms with Crippen molar-refractivity contribution in [2.45, 2.75) is 24.2 Å². The molecule has 3 aromatic rings. The Morgan fingerprint density at radius 3 is 2.37 bits per heavy atom. The monoisotopic (exact) mass is 661 g/mol. The maximum absolute atomic E-state index is 15.1. The molecule has 2 aliphatic heterocycles. The Kier molecular flexibility index (Phi) is 7.25. The van der Waals surface area contributed by atoms with Crippen molar-refractivity contribution in [1.29, 1.82) is 0 Å². The number of phenolic OH excluding ortho intramolecular Hbond substituents is 1. The van der Waals surface area contributed by atoms with Gasteiger partial charge in [-0.1, -0.05) is 53.1 Å². The van der Waals surface area contributed by atoms with Crippen LogP contribution in [0.2, 0.25) is 10.0 Å². The number of benzene rings is 3. The summed E-state index contributed by atoms with van der Waals surface area (Å²) in [5, 5.41) is 15.0. The van der Waals surface area contributed by atoms with Crippen LogP contribution in [0.4, 0.5) is 5.69 Å². The van der Waals surface area contributed by atoms with Crippen LogP contribution in [0, 0.1) is 23.7 Å². The maximum Gasteiger partial charge on any atom is 0.260 e. The van der Waals surface area contributed by atoms with Crippen molar-refractivity contribution < 1.29 is 33.8 Å². The van der Waals surface area contributed by atoms with Crippen molar-refractivity contribution in [2.75, 3.05) is 19.6 Å². The molecule has 46 heavy (non-hydrogen) atoms. The van der Waals surface area contributed by atoms with Gasteiger partial charge < -0.3 is 14.6 Å². The number of allylic oxidation sites excluding steroid dienone is 2. The molecule has 12 heteroatoms. The number of carbonyl (C=O) groups is 4. The number of ether oxygens (including phenoxy) is 2. The third kappa shape index (κ3) is 4.30. The Labute approximate surface area is 274 Å². The summed E-state index contributed by atoms with van der Waals surface area (Å²) in [6, 6.07) is 16.6. The first-order chi connectivity index (χ1) is 22.1. The Morgan fingerprint density at radius 1 is 0.935 bits per heavy atom. The van der Waals surface area contributed by atoms with E-state index in [2.05, 4.69) is 10.7 Å². The molecule has 2 aliphatic carbocycles. The number of imide groups is 2. The number of nitrogens with zero attached hydrogens (tertiary/aromatic N) is 1. The minimum atomic E-state index is -1.52. The molecule has 4 amide bonds. The number of hydrogen-bond donors (Lipinski definition) is 3. The van der Waals surface area contributed by atoms with Gasteiger partial charge in [-0.15, -0.1) is 0 Å². The number of amides is 4. The number of phenols is 1. The van der Waals surface area contributed by atoms with Crippen molar-refractivity contribution in [2.24, 2.45) is 23.7 Å². The first kappa shape index (κ1) is 30.1. The molecular weight excluding hydrogens is 633 g/mol. The SMILES string of the molecule is COc1ccc(C23C(=O)N(Nc4ccc(Cl)cc4Cl)C(=O)C2CC2C(=CCC4C(=O)NC(=O)C42)C3c2ccc(OC)c(O)c2)cc1. The maximum atomic E-state index is 15.1. The van der Waals surface area contributed by atoms with Crippen molar-refractivity contribution in [1.82, 2.24) is 10.3 Å². The van der Waals surface area contributed by atoms with Crippen LogP contribution in [-0.2, 0) is 24.6 Å². The summed E-state index contributed by atoms with van der Waals surface area (Å²) < 4.78 is 10.7. The van der Waals surface area contributed by atoms with E-state index in [1.165, 1.54) is 26.4 Å². The number of carbonyl (C=O) groups excluding carboxylic acids is 4. The van der Waals surface area contributed by atoms with E-state index in [0.29, 0.717) is 34.0 Å². The lowest BCUT2D eigenvalue weighted by molar-refractivity contribution is -0.138. The highest BCUT2D eigenvalue weighted by molar-refractivity contribution is 6.36. The van der Waals surface area contributed by atoms with Gasteiger partial charge in [-0.25, -0.2) is 0 Å². The molecule has 0 aromatic heterocycles. The summed E-state index contributed by atoms with van der Waals surface area (Å²) in [4.78, 5) is 55.7. The second-order valence-corrected chi connectivity index (χ2v) is 12.8. The van der Waals surface area contributed by atoms with Crippen molar-refractivity contribution in [3.63, 3.8) is 0 Å². The van der Waals surface area contributed by atoms with Crippen LogP contribution in [0.3, 0.4) is 0 Å². The lowest BCUT2D eigenvalue weighted by Crippen LogP contribution is -2.53. The van der Waals surface area contributed by atoms with Gasteiger partial charge in [-0.2, -0.15) is 5.01 Å². The predicted octanol–water partition coefficient (Wildman–Crippen LogP) is 4.99. The van der Waals surface area contributed by atoms with Crippen LogP contribution in [0.25, 0.3) is 0 Å². The molecule has 3 aromatic carbocycles. The number of methoxy groups -OCH3 is 2. The van der Waals surface area contributed by atoms with Gasteiger partial charge in [0.15, 0.2) is 11.5 Å². The molecule has 2 heterocycles. The van der Waals surface area contributed by atoms with Gasteiger partial charge in [-0.3, -0.25) is 29.9 Å². The van der Waals surface area contributed by atoms with E-state index in [4.69, 9.17) is 32.7 Å². The number of anilines is 1. The second kappa shape index (κ2) is 11.1. The zero-order valence-electron chi connectivity index (χ0n) is 24.8. The number of halogens is 2. The van der Waals surface area contributed by atoms with E-state index in [-0.39, 0.29) is 28.8 Å².